The average Bonchev–Trinajstić information content (AvgIpc) is 3.27. The highest BCUT2D eigenvalue weighted by Crippen LogP contribution is 2.25. The molecule has 1 amide bonds. The number of rotatable bonds is 7. The van der Waals surface area contributed by atoms with E-state index in [1.165, 1.54) is 0 Å². The third kappa shape index (κ3) is 4.58. The van der Waals surface area contributed by atoms with Crippen molar-refractivity contribution < 1.29 is 14.1 Å². The van der Waals surface area contributed by atoms with Crippen LogP contribution >= 0.6 is 0 Å². The standard InChI is InChI=1S/C25H22N2O3/c1-29-22-14-8-13-20(15-22)23-16-21(27-30-23)17-24(28)26-25(18-9-4-2-5-10-18)19-11-6-3-7-12-19/h2-16,25H,17H2,1H3,(H,26,28). The molecule has 0 saturated heterocycles. The zero-order chi connectivity index (χ0) is 20.8. The van der Waals surface area contributed by atoms with E-state index in [9.17, 15) is 4.79 Å². The topological polar surface area (TPSA) is 64.4 Å². The quantitative estimate of drug-likeness (QED) is 0.486. The molecule has 0 radical (unpaired) electrons. The number of methoxy groups -OCH3 is 1. The van der Waals surface area contributed by atoms with E-state index in [1.54, 1.807) is 13.2 Å². The summed E-state index contributed by atoms with van der Waals surface area (Å²) in [5.74, 6) is 1.20. The first-order valence-electron chi connectivity index (χ1n) is 9.72. The average molecular weight is 398 g/mol. The van der Waals surface area contributed by atoms with Crippen molar-refractivity contribution in [2.24, 2.45) is 0 Å². The first kappa shape index (κ1) is 19.5. The first-order valence-corrected chi connectivity index (χ1v) is 9.72. The lowest BCUT2D eigenvalue weighted by Crippen LogP contribution is -2.30. The van der Waals surface area contributed by atoms with E-state index in [4.69, 9.17) is 9.26 Å². The summed E-state index contributed by atoms with van der Waals surface area (Å²) in [5, 5.41) is 7.19. The summed E-state index contributed by atoms with van der Waals surface area (Å²) in [7, 11) is 1.62. The first-order chi connectivity index (χ1) is 14.7. The number of hydrogen-bond acceptors (Lipinski definition) is 4. The van der Waals surface area contributed by atoms with Crippen LogP contribution in [0.1, 0.15) is 22.9 Å². The molecule has 1 heterocycles. The predicted octanol–water partition coefficient (Wildman–Crippen LogP) is 4.80. The Kier molecular flexibility index (Phi) is 5.90. The number of benzene rings is 3. The lowest BCUT2D eigenvalue weighted by atomic mass is 9.98. The van der Waals surface area contributed by atoms with Gasteiger partial charge in [0.2, 0.25) is 5.91 Å². The van der Waals surface area contributed by atoms with Gasteiger partial charge in [-0.3, -0.25) is 4.79 Å². The number of carbonyl (C=O) groups excluding carboxylic acids is 1. The second-order valence-corrected chi connectivity index (χ2v) is 6.91. The molecule has 0 aliphatic rings. The molecule has 30 heavy (non-hydrogen) atoms. The van der Waals surface area contributed by atoms with Gasteiger partial charge in [0.25, 0.3) is 0 Å². The molecule has 0 fully saturated rings. The smallest absolute Gasteiger partial charge is 0.226 e. The maximum Gasteiger partial charge on any atom is 0.226 e. The normalized spacial score (nSPS) is 10.7. The minimum atomic E-state index is -0.232. The van der Waals surface area contributed by atoms with Gasteiger partial charge in [0.05, 0.1) is 25.3 Å². The molecule has 0 unspecified atom stereocenters. The highest BCUT2D eigenvalue weighted by atomic mass is 16.5. The largest absolute Gasteiger partial charge is 0.497 e. The van der Waals surface area contributed by atoms with Crippen LogP contribution in [-0.4, -0.2) is 18.2 Å². The van der Waals surface area contributed by atoms with Gasteiger partial charge in [-0.05, 0) is 23.3 Å². The van der Waals surface area contributed by atoms with E-state index < -0.39 is 0 Å². The van der Waals surface area contributed by atoms with Gasteiger partial charge in [-0.2, -0.15) is 0 Å². The fraction of sp³-hybridized carbons (Fsp3) is 0.120. The Morgan fingerprint density at radius 2 is 1.60 bits per heavy atom. The molecule has 4 aromatic rings. The molecular formula is C25H22N2O3. The summed E-state index contributed by atoms with van der Waals surface area (Å²) in [6.45, 7) is 0. The van der Waals surface area contributed by atoms with Gasteiger partial charge in [-0.15, -0.1) is 0 Å². The summed E-state index contributed by atoms with van der Waals surface area (Å²) < 4.78 is 10.7. The number of amides is 1. The van der Waals surface area contributed by atoms with Crippen LogP contribution in [0.2, 0.25) is 0 Å². The van der Waals surface area contributed by atoms with Crippen molar-refractivity contribution in [2.45, 2.75) is 12.5 Å². The molecule has 0 aliphatic carbocycles. The summed E-state index contributed by atoms with van der Waals surface area (Å²) in [6.07, 6.45) is 0.129. The Balaban J connectivity index is 1.50. The minimum Gasteiger partial charge on any atom is -0.497 e. The Bertz CT molecular complexity index is 1070. The molecule has 3 aromatic carbocycles. The highest BCUT2D eigenvalue weighted by Gasteiger charge is 2.18. The highest BCUT2D eigenvalue weighted by molar-refractivity contribution is 5.79. The Morgan fingerprint density at radius 3 is 2.23 bits per heavy atom. The van der Waals surface area contributed by atoms with Gasteiger partial charge < -0.3 is 14.6 Å². The van der Waals surface area contributed by atoms with Gasteiger partial charge >= 0.3 is 0 Å². The van der Waals surface area contributed by atoms with Crippen LogP contribution in [0.5, 0.6) is 5.75 Å². The van der Waals surface area contributed by atoms with Crippen LogP contribution in [0, 0.1) is 0 Å². The molecule has 0 aliphatic heterocycles. The van der Waals surface area contributed by atoms with Crippen LogP contribution < -0.4 is 10.1 Å². The summed E-state index contributed by atoms with van der Waals surface area (Å²) in [4.78, 5) is 12.8. The zero-order valence-corrected chi connectivity index (χ0v) is 16.6. The molecule has 0 spiro atoms. The maximum absolute atomic E-state index is 12.8. The van der Waals surface area contributed by atoms with E-state index in [1.807, 2.05) is 84.9 Å². The SMILES string of the molecule is COc1cccc(-c2cc(CC(=O)NC(c3ccccc3)c3ccccc3)no2)c1. The van der Waals surface area contributed by atoms with Crippen molar-refractivity contribution in [3.05, 3.63) is 108 Å². The van der Waals surface area contributed by atoms with E-state index >= 15 is 0 Å². The molecule has 5 nitrogen and oxygen atoms in total. The van der Waals surface area contributed by atoms with Crippen molar-refractivity contribution >= 4 is 5.91 Å². The molecular weight excluding hydrogens is 376 g/mol. The number of ether oxygens (including phenoxy) is 1. The third-order valence-electron chi connectivity index (χ3n) is 4.83. The molecule has 1 N–H and O–H groups in total. The monoisotopic (exact) mass is 398 g/mol. The van der Waals surface area contributed by atoms with E-state index in [-0.39, 0.29) is 18.4 Å². The van der Waals surface area contributed by atoms with Crippen molar-refractivity contribution in [2.75, 3.05) is 7.11 Å². The number of hydrogen-bond donors (Lipinski definition) is 1. The fourth-order valence-corrected chi connectivity index (χ4v) is 3.33. The van der Waals surface area contributed by atoms with Crippen molar-refractivity contribution in [3.8, 4) is 17.1 Å². The van der Waals surface area contributed by atoms with Crippen LogP contribution in [-0.2, 0) is 11.2 Å². The van der Waals surface area contributed by atoms with Crippen molar-refractivity contribution in [1.29, 1.82) is 0 Å². The van der Waals surface area contributed by atoms with Crippen LogP contribution in [0.4, 0.5) is 0 Å². The van der Waals surface area contributed by atoms with Gasteiger partial charge in [0, 0.05) is 11.6 Å². The summed E-state index contributed by atoms with van der Waals surface area (Å²) >= 11 is 0. The molecule has 0 bridgehead atoms. The van der Waals surface area contributed by atoms with Crippen LogP contribution in [0.15, 0.2) is 95.5 Å². The number of aromatic nitrogens is 1. The van der Waals surface area contributed by atoms with Gasteiger partial charge in [-0.1, -0.05) is 78.0 Å². The Labute approximate surface area is 175 Å². The molecule has 0 atom stereocenters. The van der Waals surface area contributed by atoms with Gasteiger partial charge in [0.15, 0.2) is 5.76 Å². The number of carbonyl (C=O) groups is 1. The van der Waals surface area contributed by atoms with E-state index in [2.05, 4.69) is 10.5 Å². The lowest BCUT2D eigenvalue weighted by molar-refractivity contribution is -0.121. The second kappa shape index (κ2) is 9.09. The second-order valence-electron chi connectivity index (χ2n) is 6.91. The Morgan fingerprint density at radius 1 is 0.933 bits per heavy atom. The number of nitrogens with one attached hydrogen (secondary N) is 1. The summed E-state index contributed by atoms with van der Waals surface area (Å²) in [6, 6.07) is 28.9. The van der Waals surface area contributed by atoms with E-state index in [0.717, 1.165) is 22.4 Å². The van der Waals surface area contributed by atoms with Crippen LogP contribution in [0.3, 0.4) is 0 Å². The third-order valence-corrected chi connectivity index (χ3v) is 4.83. The predicted molar refractivity (Wildman–Crippen MR) is 115 cm³/mol. The molecule has 0 saturated carbocycles. The molecule has 150 valence electrons. The van der Waals surface area contributed by atoms with Gasteiger partial charge in [-0.25, -0.2) is 0 Å². The number of nitrogens with zero attached hydrogens (tertiary/aromatic N) is 1. The van der Waals surface area contributed by atoms with E-state index in [0.29, 0.717) is 11.5 Å². The minimum absolute atomic E-state index is 0.127. The van der Waals surface area contributed by atoms with Crippen LogP contribution in [0.25, 0.3) is 11.3 Å². The zero-order valence-electron chi connectivity index (χ0n) is 16.6. The summed E-state index contributed by atoms with van der Waals surface area (Å²) in [5.41, 5.74) is 3.47. The molecule has 5 heteroatoms. The molecule has 4 rings (SSSR count). The maximum atomic E-state index is 12.8. The van der Waals surface area contributed by atoms with Gasteiger partial charge in [0.1, 0.15) is 5.75 Å². The van der Waals surface area contributed by atoms with Crippen molar-refractivity contribution in [1.82, 2.24) is 10.5 Å². The van der Waals surface area contributed by atoms with Crippen molar-refractivity contribution in [3.63, 3.8) is 0 Å². The molecule has 1 aromatic heterocycles. The fourth-order valence-electron chi connectivity index (χ4n) is 3.33. The Hall–Kier alpha value is -3.86. The lowest BCUT2D eigenvalue weighted by Gasteiger charge is -2.19.